The molecule has 1 N–H and O–H groups in total. The summed E-state index contributed by atoms with van der Waals surface area (Å²) in [5, 5.41) is 3.23. The maximum Gasteiger partial charge on any atom is 0.236 e. The topological polar surface area (TPSA) is 41.6 Å². The van der Waals surface area contributed by atoms with Gasteiger partial charge in [-0.3, -0.25) is 4.79 Å². The summed E-state index contributed by atoms with van der Waals surface area (Å²) in [4.78, 5) is 13.6. The van der Waals surface area contributed by atoms with Crippen molar-refractivity contribution in [3.63, 3.8) is 0 Å². The Morgan fingerprint density at radius 1 is 1.40 bits per heavy atom. The van der Waals surface area contributed by atoms with Gasteiger partial charge in [-0.2, -0.15) is 0 Å². The van der Waals surface area contributed by atoms with Crippen LogP contribution in [0.2, 0.25) is 0 Å². The molecule has 0 aromatic heterocycles. The quantitative estimate of drug-likeness (QED) is 0.725. The fourth-order valence-electron chi connectivity index (χ4n) is 2.21. The molecule has 86 valence electrons. The van der Waals surface area contributed by atoms with Crippen LogP contribution in [0.25, 0.3) is 0 Å². The zero-order valence-electron chi connectivity index (χ0n) is 9.21. The highest BCUT2D eigenvalue weighted by Crippen LogP contribution is 2.10. The molecule has 2 saturated heterocycles. The number of hydrogen-bond donors (Lipinski definition) is 1. The Labute approximate surface area is 91.0 Å². The summed E-state index contributed by atoms with van der Waals surface area (Å²) in [5.74, 6) is 0.864. The maximum absolute atomic E-state index is 11.7. The summed E-state index contributed by atoms with van der Waals surface area (Å²) in [6.45, 7) is 5.05. The van der Waals surface area contributed by atoms with Crippen molar-refractivity contribution >= 4 is 5.91 Å². The zero-order chi connectivity index (χ0) is 10.5. The van der Waals surface area contributed by atoms with E-state index in [9.17, 15) is 4.79 Å². The molecule has 0 radical (unpaired) electrons. The molecule has 0 aliphatic carbocycles. The summed E-state index contributed by atoms with van der Waals surface area (Å²) in [6.07, 6.45) is 3.47. The Bertz CT molecular complexity index is 209. The van der Waals surface area contributed by atoms with Crippen molar-refractivity contribution in [1.29, 1.82) is 0 Å². The lowest BCUT2D eigenvalue weighted by molar-refractivity contribution is -0.129. The second-order valence-corrected chi connectivity index (χ2v) is 4.45. The summed E-state index contributed by atoms with van der Waals surface area (Å²) in [5.41, 5.74) is 0. The summed E-state index contributed by atoms with van der Waals surface area (Å²) >= 11 is 0. The molecule has 2 aliphatic rings. The SMILES string of the molecule is O=C(CNCC1CCOC1)N1CCCC1. The van der Waals surface area contributed by atoms with E-state index in [0.717, 1.165) is 39.3 Å². The van der Waals surface area contributed by atoms with Gasteiger partial charge in [0.2, 0.25) is 5.91 Å². The van der Waals surface area contributed by atoms with Crippen LogP contribution in [0.5, 0.6) is 0 Å². The molecule has 2 aliphatic heterocycles. The number of nitrogens with one attached hydrogen (secondary N) is 1. The summed E-state index contributed by atoms with van der Waals surface area (Å²) < 4.78 is 5.28. The highest BCUT2D eigenvalue weighted by molar-refractivity contribution is 5.78. The van der Waals surface area contributed by atoms with E-state index in [1.165, 1.54) is 12.8 Å². The first kappa shape index (κ1) is 10.9. The van der Waals surface area contributed by atoms with Crippen LogP contribution in [0, 0.1) is 5.92 Å². The van der Waals surface area contributed by atoms with Crippen molar-refractivity contribution in [2.45, 2.75) is 19.3 Å². The molecule has 0 saturated carbocycles. The van der Waals surface area contributed by atoms with Crippen molar-refractivity contribution < 1.29 is 9.53 Å². The molecule has 0 spiro atoms. The highest BCUT2D eigenvalue weighted by Gasteiger charge is 2.19. The minimum Gasteiger partial charge on any atom is -0.381 e. The van der Waals surface area contributed by atoms with Gasteiger partial charge in [0.15, 0.2) is 0 Å². The van der Waals surface area contributed by atoms with Crippen LogP contribution < -0.4 is 5.32 Å². The van der Waals surface area contributed by atoms with Gasteiger partial charge < -0.3 is 15.0 Å². The number of ether oxygens (including phenoxy) is 1. The first-order valence-corrected chi connectivity index (χ1v) is 5.92. The predicted octanol–water partition coefficient (Wildman–Crippen LogP) is 0.235. The van der Waals surface area contributed by atoms with Gasteiger partial charge in [-0.05, 0) is 25.2 Å². The van der Waals surface area contributed by atoms with Crippen molar-refractivity contribution in [2.75, 3.05) is 39.4 Å². The Hall–Kier alpha value is -0.610. The molecule has 1 unspecified atom stereocenters. The Morgan fingerprint density at radius 3 is 2.87 bits per heavy atom. The lowest BCUT2D eigenvalue weighted by Crippen LogP contribution is -2.37. The Morgan fingerprint density at radius 2 is 2.20 bits per heavy atom. The predicted molar refractivity (Wildman–Crippen MR) is 57.6 cm³/mol. The number of nitrogens with zero attached hydrogens (tertiary/aromatic N) is 1. The van der Waals surface area contributed by atoms with E-state index in [2.05, 4.69) is 5.32 Å². The lowest BCUT2D eigenvalue weighted by atomic mass is 10.1. The van der Waals surface area contributed by atoms with Crippen LogP contribution in [0.15, 0.2) is 0 Å². The van der Waals surface area contributed by atoms with Crippen LogP contribution in [0.1, 0.15) is 19.3 Å². The van der Waals surface area contributed by atoms with Gasteiger partial charge in [-0.15, -0.1) is 0 Å². The van der Waals surface area contributed by atoms with E-state index in [-0.39, 0.29) is 5.91 Å². The van der Waals surface area contributed by atoms with Gasteiger partial charge in [0.25, 0.3) is 0 Å². The smallest absolute Gasteiger partial charge is 0.236 e. The molecule has 2 heterocycles. The second-order valence-electron chi connectivity index (χ2n) is 4.45. The molecular weight excluding hydrogens is 192 g/mol. The number of carbonyl (C=O) groups excluding carboxylic acids is 1. The van der Waals surface area contributed by atoms with Gasteiger partial charge in [-0.1, -0.05) is 0 Å². The van der Waals surface area contributed by atoms with Crippen LogP contribution >= 0.6 is 0 Å². The molecule has 2 fully saturated rings. The van der Waals surface area contributed by atoms with Crippen molar-refractivity contribution in [1.82, 2.24) is 10.2 Å². The van der Waals surface area contributed by atoms with Crippen LogP contribution in [0.3, 0.4) is 0 Å². The average molecular weight is 212 g/mol. The number of likely N-dealkylation sites (tertiary alicyclic amines) is 1. The second kappa shape index (κ2) is 5.47. The third kappa shape index (κ3) is 3.18. The molecule has 0 aromatic rings. The maximum atomic E-state index is 11.7. The minimum atomic E-state index is 0.256. The first-order chi connectivity index (χ1) is 7.36. The Kier molecular flexibility index (Phi) is 3.97. The van der Waals surface area contributed by atoms with E-state index in [4.69, 9.17) is 4.74 Å². The van der Waals surface area contributed by atoms with Gasteiger partial charge in [0.1, 0.15) is 0 Å². The van der Waals surface area contributed by atoms with Crippen LogP contribution in [-0.2, 0) is 9.53 Å². The van der Waals surface area contributed by atoms with E-state index < -0.39 is 0 Å². The van der Waals surface area contributed by atoms with Crippen molar-refractivity contribution in [2.24, 2.45) is 5.92 Å². The van der Waals surface area contributed by atoms with E-state index in [0.29, 0.717) is 12.5 Å². The fourth-order valence-corrected chi connectivity index (χ4v) is 2.21. The van der Waals surface area contributed by atoms with Gasteiger partial charge in [0, 0.05) is 26.2 Å². The van der Waals surface area contributed by atoms with E-state index >= 15 is 0 Å². The number of hydrogen-bond acceptors (Lipinski definition) is 3. The van der Waals surface area contributed by atoms with E-state index in [1.54, 1.807) is 0 Å². The third-order valence-corrected chi connectivity index (χ3v) is 3.19. The Balaban J connectivity index is 1.58. The number of amides is 1. The number of rotatable bonds is 4. The minimum absolute atomic E-state index is 0.256. The van der Waals surface area contributed by atoms with Crippen molar-refractivity contribution in [3.05, 3.63) is 0 Å². The van der Waals surface area contributed by atoms with Gasteiger partial charge in [-0.25, -0.2) is 0 Å². The molecular formula is C11H20N2O2. The molecule has 1 amide bonds. The molecule has 0 aromatic carbocycles. The van der Waals surface area contributed by atoms with E-state index in [1.807, 2.05) is 4.90 Å². The van der Waals surface area contributed by atoms with Gasteiger partial charge >= 0.3 is 0 Å². The monoisotopic (exact) mass is 212 g/mol. The number of carbonyl (C=O) groups is 1. The molecule has 1 atom stereocenters. The summed E-state index contributed by atoms with van der Waals surface area (Å²) in [6, 6.07) is 0. The summed E-state index contributed by atoms with van der Waals surface area (Å²) in [7, 11) is 0. The third-order valence-electron chi connectivity index (χ3n) is 3.19. The average Bonchev–Trinajstić information content (AvgIpc) is 2.90. The molecule has 4 nitrogen and oxygen atoms in total. The standard InChI is InChI=1S/C11H20N2O2/c14-11(13-4-1-2-5-13)8-12-7-10-3-6-15-9-10/h10,12H,1-9H2. The highest BCUT2D eigenvalue weighted by atomic mass is 16.5. The molecule has 15 heavy (non-hydrogen) atoms. The largest absolute Gasteiger partial charge is 0.381 e. The van der Waals surface area contributed by atoms with Crippen molar-refractivity contribution in [3.8, 4) is 0 Å². The van der Waals surface area contributed by atoms with Crippen LogP contribution in [0.4, 0.5) is 0 Å². The van der Waals surface area contributed by atoms with Crippen LogP contribution in [-0.4, -0.2) is 50.2 Å². The lowest BCUT2D eigenvalue weighted by Gasteiger charge is -2.16. The van der Waals surface area contributed by atoms with Gasteiger partial charge in [0.05, 0.1) is 13.2 Å². The first-order valence-electron chi connectivity index (χ1n) is 5.92. The molecule has 2 rings (SSSR count). The fraction of sp³-hybridized carbons (Fsp3) is 0.909. The molecule has 4 heteroatoms. The zero-order valence-corrected chi connectivity index (χ0v) is 9.21. The molecule has 0 bridgehead atoms. The normalized spacial score (nSPS) is 26.1.